The quantitative estimate of drug-likeness (QED) is 0.0225. The van der Waals surface area contributed by atoms with Gasteiger partial charge >= 0.3 is 24.0 Å². The number of carbonyl (C=O) groups excluding carboxylic acids is 6. The molecule has 8 aliphatic rings. The number of urea groups is 2. The lowest BCUT2D eigenvalue weighted by molar-refractivity contribution is -0.146. The van der Waals surface area contributed by atoms with Gasteiger partial charge in [-0.3, -0.25) is 19.2 Å². The van der Waals surface area contributed by atoms with Gasteiger partial charge in [-0.1, -0.05) is 88.5 Å². The molecule has 7 aromatic rings. The van der Waals surface area contributed by atoms with Crippen molar-refractivity contribution in [3.05, 3.63) is 113 Å². The third kappa shape index (κ3) is 21.8. The first kappa shape index (κ1) is 94.3. The van der Waals surface area contributed by atoms with Gasteiger partial charge < -0.3 is 81.5 Å². The number of thiazole rings is 2. The summed E-state index contributed by atoms with van der Waals surface area (Å²) >= 11 is 2.90. The molecule has 0 spiro atoms. The number of aliphatic carboxylic acids is 2. The summed E-state index contributed by atoms with van der Waals surface area (Å²) in [6.45, 7) is 13.7. The average molecular weight is 1850 g/mol. The molecule has 9 heterocycles. The number of nitrogens with one attached hydrogen (secondary N) is 8. The summed E-state index contributed by atoms with van der Waals surface area (Å²) in [6, 6.07) is 14.9. The summed E-state index contributed by atoms with van der Waals surface area (Å²) in [5.41, 5.74) is 1.17. The van der Waals surface area contributed by atoms with Crippen LogP contribution in [0.3, 0.4) is 0 Å². The number of carbonyl (C=O) groups is 8. The topological polar surface area (TPSA) is 443 Å². The number of fused-ring (bicyclic) bond motifs is 7. The van der Waals surface area contributed by atoms with Gasteiger partial charge in [-0.2, -0.15) is 4.31 Å². The van der Waals surface area contributed by atoms with Crippen molar-refractivity contribution in [2.24, 2.45) is 23.7 Å². The predicted molar refractivity (Wildman–Crippen MR) is 490 cm³/mol. The zero-order chi connectivity index (χ0) is 92.0. The molecular formula is C91H118N16O18S4. The number of amides is 8. The first-order valence-corrected chi connectivity index (χ1v) is 49.4. The van der Waals surface area contributed by atoms with E-state index in [9.17, 15) is 65.4 Å². The molecule has 3 aromatic carbocycles. The highest BCUT2D eigenvalue weighted by atomic mass is 32.2. The number of allylic oxidation sites excluding steroid dienone is 2. The summed E-state index contributed by atoms with van der Waals surface area (Å²) in [6.07, 6.45) is 15.5. The summed E-state index contributed by atoms with van der Waals surface area (Å²) in [7, 11) is -2.64. The highest BCUT2D eigenvalue weighted by Gasteiger charge is 2.63. The number of ether oxygens (including phenoxy) is 4. The highest BCUT2D eigenvalue weighted by Crippen LogP contribution is 2.48. The third-order valence-electron chi connectivity index (χ3n) is 25.5. The number of nitrogens with zero attached hydrogens (tertiary/aromatic N) is 8. The lowest BCUT2D eigenvalue weighted by Gasteiger charge is -2.36. The molecular weight excluding hydrogens is 1730 g/mol. The molecule has 34 nitrogen and oxygen atoms in total. The van der Waals surface area contributed by atoms with E-state index in [1.54, 1.807) is 81.8 Å². The second-order valence-corrected chi connectivity index (χ2v) is 41.8. The SMILES string of the molecule is CCS(=O)(=O)N(C)C[C@@H](NC(=O)N[C@H]1CCCCC/C=C\C2C[C@@]2(C(=O)O)NC(=O)[C@@H]2C[C@@H](Oc3cc(-c4csc(NC(C)C)n4)nc4cc(OC)ccc34)CN2C1=O)C1CCC1.COc1ccc2c(O[C@@H]3C[C@H]4C(=O)N[C@]5(C(=O)O)CC5/C=C\CCCCC[C@H](NC(=O)N[C@H](CN5Cc6ccccc6S5(=O)=O)C(C)C)C(=O)N4C3)cc(-c3csc(NC(C)C)n3)nc2c1. The van der Waals surface area contributed by atoms with E-state index < -0.39 is 139 Å². The second kappa shape index (κ2) is 40.3. The molecule has 3 aliphatic carbocycles. The van der Waals surface area contributed by atoms with Crippen molar-refractivity contribution in [1.29, 1.82) is 0 Å². The molecule has 129 heavy (non-hydrogen) atoms. The van der Waals surface area contributed by atoms with Crippen LogP contribution in [-0.2, 0) is 55.4 Å². The number of methoxy groups -OCH3 is 2. The normalized spacial score (nSPS) is 25.3. The van der Waals surface area contributed by atoms with Crippen LogP contribution in [-0.4, -0.2) is 238 Å². The monoisotopic (exact) mass is 1850 g/mol. The zero-order valence-electron chi connectivity index (χ0n) is 74.4. The van der Waals surface area contributed by atoms with Gasteiger partial charge in [-0.05, 0) is 147 Å². The Balaban J connectivity index is 0.000000209. The molecule has 694 valence electrons. The molecule has 0 bridgehead atoms. The maximum Gasteiger partial charge on any atom is 0.330 e. The van der Waals surface area contributed by atoms with Crippen LogP contribution in [0.2, 0.25) is 0 Å². The number of hydrogen-bond donors (Lipinski definition) is 10. The van der Waals surface area contributed by atoms with Crippen molar-refractivity contribution in [3.63, 3.8) is 0 Å². The van der Waals surface area contributed by atoms with E-state index in [2.05, 4.69) is 42.5 Å². The van der Waals surface area contributed by atoms with Gasteiger partial charge in [-0.25, -0.2) is 60.3 Å². The van der Waals surface area contributed by atoms with E-state index in [0.29, 0.717) is 98.8 Å². The minimum atomic E-state index is -3.77. The van der Waals surface area contributed by atoms with Crippen LogP contribution < -0.4 is 61.5 Å². The van der Waals surface area contributed by atoms with Crippen LogP contribution in [0.4, 0.5) is 19.9 Å². The second-order valence-electron chi connectivity index (χ2n) is 35.8. The minimum Gasteiger partial charge on any atom is -0.497 e. The van der Waals surface area contributed by atoms with Crippen molar-refractivity contribution in [3.8, 4) is 45.8 Å². The van der Waals surface area contributed by atoms with E-state index in [-0.39, 0.29) is 106 Å². The van der Waals surface area contributed by atoms with E-state index in [1.807, 2.05) is 88.7 Å². The van der Waals surface area contributed by atoms with Gasteiger partial charge in [0.2, 0.25) is 43.7 Å². The number of anilines is 2. The fourth-order valence-corrected chi connectivity index (χ4v) is 21.9. The number of pyridine rings is 2. The number of benzene rings is 3. The van der Waals surface area contributed by atoms with Crippen LogP contribution in [0.5, 0.6) is 23.0 Å². The fraction of sp³-hybridized carbons (Fsp3) is 0.538. The van der Waals surface area contributed by atoms with Gasteiger partial charge in [0.05, 0.1) is 60.4 Å². The number of sulfonamides is 2. The van der Waals surface area contributed by atoms with Crippen LogP contribution in [0.1, 0.15) is 163 Å². The van der Waals surface area contributed by atoms with Gasteiger partial charge in [0, 0.05) is 121 Å². The van der Waals surface area contributed by atoms with Crippen LogP contribution in [0.15, 0.2) is 113 Å². The van der Waals surface area contributed by atoms with Gasteiger partial charge in [-0.15, -0.1) is 22.7 Å². The highest BCUT2D eigenvalue weighted by molar-refractivity contribution is 7.89. The number of carboxylic acid groups (broad SMARTS) is 2. The van der Waals surface area contributed by atoms with Gasteiger partial charge in [0.1, 0.15) is 81.8 Å². The first-order chi connectivity index (χ1) is 61.7. The van der Waals surface area contributed by atoms with E-state index in [1.165, 1.54) is 48.1 Å². The van der Waals surface area contributed by atoms with Crippen molar-refractivity contribution in [2.75, 3.05) is 63.8 Å². The molecule has 38 heteroatoms. The lowest BCUT2D eigenvalue weighted by atomic mass is 9.79. The molecule has 10 N–H and O–H groups in total. The van der Waals surface area contributed by atoms with Crippen molar-refractivity contribution in [2.45, 2.75) is 241 Å². The number of aromatic nitrogens is 4. The number of rotatable bonds is 26. The molecule has 5 fully saturated rings. The molecule has 8 amide bonds. The van der Waals surface area contributed by atoms with E-state index in [0.717, 1.165) is 55.2 Å². The van der Waals surface area contributed by atoms with Crippen LogP contribution >= 0.6 is 22.7 Å². The van der Waals surface area contributed by atoms with Gasteiger partial charge in [0.25, 0.3) is 0 Å². The number of carboxylic acids is 2. The first-order valence-electron chi connectivity index (χ1n) is 44.6. The zero-order valence-corrected chi connectivity index (χ0v) is 77.6. The number of likely N-dealkylation sites (N-methyl/N-ethyl adjacent to an activating group) is 1. The Morgan fingerprint density at radius 3 is 1.53 bits per heavy atom. The van der Waals surface area contributed by atoms with Crippen molar-refractivity contribution in [1.82, 2.24) is 70.2 Å². The maximum atomic E-state index is 15.0. The Kier molecular flexibility index (Phi) is 29.5. The van der Waals surface area contributed by atoms with Crippen molar-refractivity contribution < 1.29 is 84.4 Å². The molecule has 2 saturated heterocycles. The Hall–Kier alpha value is -10.8. The Morgan fingerprint density at radius 2 is 1.10 bits per heavy atom. The third-order valence-corrected chi connectivity index (χ3v) is 30.8. The molecule has 4 aromatic heterocycles. The van der Waals surface area contributed by atoms with Crippen LogP contribution in [0, 0.1) is 23.7 Å². The molecule has 5 aliphatic heterocycles. The predicted octanol–water partition coefficient (Wildman–Crippen LogP) is 11.0. The molecule has 15 rings (SSSR count). The largest absolute Gasteiger partial charge is 0.497 e. The Bertz CT molecular complexity index is 5630. The standard InChI is InChI=1S/C47H58N8O9S2.C44H60N8O9S2/c1-27(2)37(25-54-23-29-13-11-12-16-41(29)66(54,61)62)51-45(60)50-34-15-10-8-6-7-9-14-30-22-47(30,44(58)59)53-42(56)39-20-32(24-55(39)43(34)57)64-40-21-36(38-26-65-46(52-38)48-28(3)4)49-35-19-31(63-5)17-18-33(35)40;1-6-63(58,59)51(4)24-35(27-13-12-14-27)48-42(57)47-32-16-11-9-7-8-10-15-28-22-44(28,41(55)56)50-39(53)37-20-30(23-52(37)40(32)54)61-38-21-34(36-25-62-43(49-36)45-26(2)3)46-33-19-29(60-5)17-18-31(33)38/h9,11-14,16-19,21,26-28,30,32,34,37,39H,6-8,10,15,20,22-25H2,1-5H3,(H,48,52)(H,53,56)(H,58,59)(H2,50,51,60);10,15,17-19,21,25-28,30,32,35,37H,6-9,11-14,16,20,22-24H2,1-5H3,(H,45,49)(H,50,53)(H,55,56)(H2,47,48,57)/b14-9-;15-10-/t30?,32-,34+,37-,39+,47-;28?,30-,32+,35-,37+,44-/m11/s1. The summed E-state index contributed by atoms with van der Waals surface area (Å²) in [5.74, 6) is -3.45. The maximum absolute atomic E-state index is 15.0. The minimum absolute atomic E-state index is 0.0184. The average Bonchev–Trinajstić information content (AvgIpc) is 1.58. The smallest absolute Gasteiger partial charge is 0.330 e. The van der Waals surface area contributed by atoms with Crippen molar-refractivity contribution >= 4 is 122 Å². The summed E-state index contributed by atoms with van der Waals surface area (Å²) in [5, 5.41) is 51.4. The molecule has 3 saturated carbocycles. The molecule has 0 radical (unpaired) electrons. The van der Waals surface area contributed by atoms with E-state index >= 15 is 0 Å². The Morgan fingerprint density at radius 1 is 0.620 bits per heavy atom. The lowest BCUT2D eigenvalue weighted by Crippen LogP contribution is -2.59. The van der Waals surface area contributed by atoms with Gasteiger partial charge in [0.15, 0.2) is 10.3 Å². The molecule has 12 atom stereocenters. The van der Waals surface area contributed by atoms with Crippen LogP contribution in [0.25, 0.3) is 44.6 Å². The number of hydrogen-bond acceptors (Lipinski definition) is 24. The Labute approximate surface area is 759 Å². The molecule has 2 unspecified atom stereocenters. The summed E-state index contributed by atoms with van der Waals surface area (Å²) < 4.78 is 79.4. The fourth-order valence-electron chi connectivity index (χ4n) is 17.7. The summed E-state index contributed by atoms with van der Waals surface area (Å²) in [4.78, 5) is 134. The van der Waals surface area contributed by atoms with E-state index in [4.69, 9.17) is 38.9 Å².